The summed E-state index contributed by atoms with van der Waals surface area (Å²) < 4.78 is 14.8. The average molecular weight is 429 g/mol. The Hall–Kier alpha value is -2.90. The van der Waals surface area contributed by atoms with Gasteiger partial charge >= 0.3 is 0 Å². The van der Waals surface area contributed by atoms with Crippen molar-refractivity contribution in [1.82, 2.24) is 25.3 Å². The van der Waals surface area contributed by atoms with Crippen LogP contribution in [0.25, 0.3) is 5.69 Å². The van der Waals surface area contributed by atoms with Gasteiger partial charge < -0.3 is 15.5 Å². The van der Waals surface area contributed by atoms with Crippen LogP contribution >= 0.6 is 0 Å². The van der Waals surface area contributed by atoms with Crippen molar-refractivity contribution in [2.24, 2.45) is 4.99 Å². The quantitative estimate of drug-likeness (QED) is 0.366. The van der Waals surface area contributed by atoms with E-state index in [1.165, 1.54) is 12.1 Å². The molecule has 31 heavy (non-hydrogen) atoms. The van der Waals surface area contributed by atoms with Gasteiger partial charge in [-0.1, -0.05) is 6.42 Å². The predicted molar refractivity (Wildman–Crippen MR) is 121 cm³/mol. The Morgan fingerprint density at radius 2 is 2.00 bits per heavy atom. The summed E-state index contributed by atoms with van der Waals surface area (Å²) in [6, 6.07) is 8.24. The van der Waals surface area contributed by atoms with E-state index in [9.17, 15) is 9.18 Å². The Morgan fingerprint density at radius 3 is 2.81 bits per heavy atom. The highest BCUT2D eigenvalue weighted by molar-refractivity contribution is 5.79. The number of carbonyl (C=O) groups is 1. The highest BCUT2D eigenvalue weighted by atomic mass is 19.1. The molecule has 0 aliphatic carbocycles. The van der Waals surface area contributed by atoms with Gasteiger partial charge in [0, 0.05) is 51.8 Å². The fraction of sp³-hybridized carbons (Fsp3) is 0.522. The zero-order chi connectivity index (χ0) is 21.9. The molecule has 1 aliphatic rings. The van der Waals surface area contributed by atoms with Gasteiger partial charge in [0.1, 0.15) is 5.82 Å². The number of benzene rings is 1. The van der Waals surface area contributed by atoms with Gasteiger partial charge in [0.15, 0.2) is 5.96 Å². The topological polar surface area (TPSA) is 74.6 Å². The SMILES string of the molecule is CCNC(=NCCCN1CCCCCC1=O)NCCc1ccn(-c2ccc(F)cc2)n1. The Balaban J connectivity index is 1.42. The normalized spacial score (nSPS) is 15.1. The van der Waals surface area contributed by atoms with Gasteiger partial charge in [-0.15, -0.1) is 0 Å². The molecule has 2 N–H and O–H groups in total. The second-order valence-electron chi connectivity index (χ2n) is 7.71. The van der Waals surface area contributed by atoms with E-state index >= 15 is 0 Å². The summed E-state index contributed by atoms with van der Waals surface area (Å²) in [6.45, 7) is 5.87. The van der Waals surface area contributed by atoms with E-state index in [1.807, 2.05) is 24.1 Å². The Bertz CT molecular complexity index is 848. The van der Waals surface area contributed by atoms with Crippen molar-refractivity contribution in [3.8, 4) is 5.69 Å². The molecule has 168 valence electrons. The maximum Gasteiger partial charge on any atom is 0.222 e. The molecule has 7 nitrogen and oxygen atoms in total. The molecule has 1 aromatic heterocycles. The van der Waals surface area contributed by atoms with E-state index in [0.29, 0.717) is 19.5 Å². The van der Waals surface area contributed by atoms with Gasteiger partial charge in [0.25, 0.3) is 0 Å². The summed E-state index contributed by atoms with van der Waals surface area (Å²) in [5, 5.41) is 11.2. The minimum atomic E-state index is -0.256. The number of nitrogens with zero attached hydrogens (tertiary/aromatic N) is 4. The van der Waals surface area contributed by atoms with E-state index in [0.717, 1.165) is 69.1 Å². The number of guanidine groups is 1. The monoisotopic (exact) mass is 428 g/mol. The van der Waals surface area contributed by atoms with E-state index < -0.39 is 0 Å². The van der Waals surface area contributed by atoms with Crippen LogP contribution in [0.15, 0.2) is 41.5 Å². The molecule has 1 amide bonds. The van der Waals surface area contributed by atoms with Crippen LogP contribution < -0.4 is 10.6 Å². The molecular formula is C23H33FN6O. The summed E-state index contributed by atoms with van der Waals surface area (Å²) >= 11 is 0. The molecule has 1 fully saturated rings. The van der Waals surface area contributed by atoms with Crippen LogP contribution in [0.1, 0.15) is 44.7 Å². The van der Waals surface area contributed by atoms with Gasteiger partial charge in [-0.3, -0.25) is 9.79 Å². The number of carbonyl (C=O) groups excluding carboxylic acids is 1. The minimum Gasteiger partial charge on any atom is -0.357 e. The predicted octanol–water partition coefficient (Wildman–Crippen LogP) is 2.90. The van der Waals surface area contributed by atoms with Crippen molar-refractivity contribution >= 4 is 11.9 Å². The fourth-order valence-corrected chi connectivity index (χ4v) is 3.61. The highest BCUT2D eigenvalue weighted by Gasteiger charge is 2.15. The molecule has 8 heteroatoms. The number of aliphatic imine (C=N–C) groups is 1. The van der Waals surface area contributed by atoms with Gasteiger partial charge in [-0.2, -0.15) is 5.10 Å². The lowest BCUT2D eigenvalue weighted by atomic mass is 10.2. The van der Waals surface area contributed by atoms with Crippen LogP contribution in [0.3, 0.4) is 0 Å². The van der Waals surface area contributed by atoms with Gasteiger partial charge in [0.05, 0.1) is 11.4 Å². The van der Waals surface area contributed by atoms with Gasteiger partial charge in [-0.25, -0.2) is 9.07 Å². The number of hydrogen-bond donors (Lipinski definition) is 2. The average Bonchev–Trinajstić information content (AvgIpc) is 3.14. The van der Waals surface area contributed by atoms with Crippen LogP contribution in [0.4, 0.5) is 4.39 Å². The second kappa shape index (κ2) is 12.1. The van der Waals surface area contributed by atoms with Crippen molar-refractivity contribution < 1.29 is 9.18 Å². The number of aromatic nitrogens is 2. The maximum atomic E-state index is 13.1. The summed E-state index contributed by atoms with van der Waals surface area (Å²) in [7, 11) is 0. The fourth-order valence-electron chi connectivity index (χ4n) is 3.61. The molecule has 0 spiro atoms. The van der Waals surface area contributed by atoms with Crippen LogP contribution in [0, 0.1) is 5.82 Å². The maximum absolute atomic E-state index is 13.1. The molecule has 0 bridgehead atoms. The number of likely N-dealkylation sites (tertiary alicyclic amines) is 1. The largest absolute Gasteiger partial charge is 0.357 e. The van der Waals surface area contributed by atoms with Crippen molar-refractivity contribution in [2.45, 2.75) is 45.4 Å². The third kappa shape index (κ3) is 7.38. The third-order valence-electron chi connectivity index (χ3n) is 5.28. The van der Waals surface area contributed by atoms with Crippen LogP contribution in [0.5, 0.6) is 0 Å². The molecule has 2 aromatic rings. The lowest BCUT2D eigenvalue weighted by Crippen LogP contribution is -2.38. The van der Waals surface area contributed by atoms with Crippen LogP contribution in [-0.2, 0) is 11.2 Å². The van der Waals surface area contributed by atoms with E-state index in [-0.39, 0.29) is 11.7 Å². The molecule has 0 radical (unpaired) electrons. The van der Waals surface area contributed by atoms with Crippen molar-refractivity contribution in [3.63, 3.8) is 0 Å². The lowest BCUT2D eigenvalue weighted by Gasteiger charge is -2.20. The number of rotatable bonds is 9. The molecule has 1 aromatic carbocycles. The molecular weight excluding hydrogens is 395 g/mol. The van der Waals surface area contributed by atoms with Crippen LogP contribution in [-0.4, -0.2) is 59.3 Å². The van der Waals surface area contributed by atoms with Gasteiger partial charge in [-0.05, 0) is 56.5 Å². The first-order valence-corrected chi connectivity index (χ1v) is 11.3. The summed E-state index contributed by atoms with van der Waals surface area (Å²) in [5.41, 5.74) is 1.78. The first-order chi connectivity index (χ1) is 15.2. The number of nitrogens with one attached hydrogen (secondary N) is 2. The second-order valence-corrected chi connectivity index (χ2v) is 7.71. The summed E-state index contributed by atoms with van der Waals surface area (Å²) in [5.74, 6) is 0.808. The summed E-state index contributed by atoms with van der Waals surface area (Å²) in [6.07, 6.45) is 7.46. The van der Waals surface area contributed by atoms with Gasteiger partial charge in [0.2, 0.25) is 5.91 Å². The highest BCUT2D eigenvalue weighted by Crippen LogP contribution is 2.11. The number of amides is 1. The van der Waals surface area contributed by atoms with E-state index in [2.05, 4.69) is 20.7 Å². The molecule has 0 unspecified atom stereocenters. The van der Waals surface area contributed by atoms with E-state index in [1.54, 1.807) is 16.8 Å². The Labute approximate surface area is 183 Å². The third-order valence-corrected chi connectivity index (χ3v) is 5.28. The lowest BCUT2D eigenvalue weighted by molar-refractivity contribution is -0.130. The number of halogens is 1. The van der Waals surface area contributed by atoms with Crippen molar-refractivity contribution in [3.05, 3.63) is 48.0 Å². The number of hydrogen-bond acceptors (Lipinski definition) is 3. The van der Waals surface area contributed by atoms with Crippen LogP contribution in [0.2, 0.25) is 0 Å². The first-order valence-electron chi connectivity index (χ1n) is 11.3. The van der Waals surface area contributed by atoms with Crippen molar-refractivity contribution in [2.75, 3.05) is 32.7 Å². The molecule has 1 aliphatic heterocycles. The smallest absolute Gasteiger partial charge is 0.222 e. The molecule has 1 saturated heterocycles. The molecule has 0 atom stereocenters. The molecule has 0 saturated carbocycles. The zero-order valence-electron chi connectivity index (χ0n) is 18.3. The first kappa shape index (κ1) is 22.8. The standard InChI is InChI=1S/C23H33FN6O/c1-2-25-23(26-14-6-17-29-16-5-3-4-7-22(29)31)27-15-12-20-13-18-30(28-20)21-10-8-19(24)9-11-21/h8-11,13,18H,2-7,12,14-17H2,1H3,(H2,25,26,27). The van der Waals surface area contributed by atoms with E-state index in [4.69, 9.17) is 0 Å². The molecule has 3 rings (SSSR count). The Morgan fingerprint density at radius 1 is 1.16 bits per heavy atom. The zero-order valence-corrected chi connectivity index (χ0v) is 18.3. The molecule has 2 heterocycles. The summed E-state index contributed by atoms with van der Waals surface area (Å²) in [4.78, 5) is 18.7. The Kier molecular flexibility index (Phi) is 8.87. The van der Waals surface area contributed by atoms with Crippen molar-refractivity contribution in [1.29, 1.82) is 0 Å². The minimum absolute atomic E-state index is 0.256.